The minimum absolute atomic E-state index is 0.189. The van der Waals surface area contributed by atoms with Crippen molar-refractivity contribution in [3.8, 4) is 0 Å². The summed E-state index contributed by atoms with van der Waals surface area (Å²) < 4.78 is 0. The van der Waals surface area contributed by atoms with Gasteiger partial charge in [0.1, 0.15) is 5.78 Å². The number of Topliss-reactive ketones (excluding diaryl/α,β-unsaturated/α-hetero) is 1. The molecule has 0 spiro atoms. The largest absolute Gasteiger partial charge is 0.478 e. The Morgan fingerprint density at radius 3 is 2.56 bits per heavy atom. The van der Waals surface area contributed by atoms with Crippen molar-refractivity contribution in [3.63, 3.8) is 0 Å². The van der Waals surface area contributed by atoms with Gasteiger partial charge in [-0.3, -0.25) is 4.79 Å². The van der Waals surface area contributed by atoms with E-state index in [0.717, 1.165) is 51.4 Å². The molecule has 1 aliphatic rings. The topological polar surface area (TPSA) is 74.6 Å². The van der Waals surface area contributed by atoms with Crippen molar-refractivity contribution in [3.05, 3.63) is 11.6 Å². The highest BCUT2D eigenvalue weighted by molar-refractivity contribution is 5.86. The molecule has 0 amide bonds. The van der Waals surface area contributed by atoms with Gasteiger partial charge in [0.2, 0.25) is 0 Å². The second-order valence-electron chi connectivity index (χ2n) is 8.17. The van der Waals surface area contributed by atoms with Crippen molar-refractivity contribution >= 4 is 11.8 Å². The number of aliphatic hydroxyl groups excluding tert-OH is 1. The Morgan fingerprint density at radius 2 is 1.93 bits per heavy atom. The van der Waals surface area contributed by atoms with Gasteiger partial charge in [-0.25, -0.2) is 4.79 Å². The van der Waals surface area contributed by atoms with Crippen LogP contribution in [-0.2, 0) is 9.59 Å². The third-order valence-corrected chi connectivity index (χ3v) is 6.18. The molecule has 2 N–H and O–H groups in total. The Labute approximate surface area is 165 Å². The Kier molecular flexibility index (Phi) is 12.3. The fraction of sp³-hybridized carbons (Fsp3) is 0.826. The smallest absolute Gasteiger partial charge is 0.331 e. The zero-order valence-corrected chi connectivity index (χ0v) is 17.4. The molecule has 0 aromatic carbocycles. The van der Waals surface area contributed by atoms with E-state index < -0.39 is 5.97 Å². The third-order valence-electron chi connectivity index (χ3n) is 6.18. The van der Waals surface area contributed by atoms with Crippen molar-refractivity contribution in [1.29, 1.82) is 0 Å². The number of hydrogen-bond acceptors (Lipinski definition) is 3. The van der Waals surface area contributed by atoms with Crippen molar-refractivity contribution < 1.29 is 19.8 Å². The number of allylic oxidation sites excluding steroid dienone is 1. The summed E-state index contributed by atoms with van der Waals surface area (Å²) in [6, 6.07) is 0. The minimum Gasteiger partial charge on any atom is -0.478 e. The van der Waals surface area contributed by atoms with Gasteiger partial charge in [-0.05, 0) is 63.2 Å². The molecule has 1 aliphatic carbocycles. The molecule has 0 aromatic heterocycles. The van der Waals surface area contributed by atoms with E-state index in [9.17, 15) is 14.7 Å². The second kappa shape index (κ2) is 13.9. The highest BCUT2D eigenvalue weighted by Crippen LogP contribution is 2.37. The average Bonchev–Trinajstić information content (AvgIpc) is 3.00. The number of rotatable bonds is 15. The quantitative estimate of drug-likeness (QED) is 0.289. The first-order valence-electron chi connectivity index (χ1n) is 11.1. The predicted octanol–water partition coefficient (Wildman–Crippen LogP) is 5.53. The molecule has 27 heavy (non-hydrogen) atoms. The molecule has 4 nitrogen and oxygen atoms in total. The van der Waals surface area contributed by atoms with Crippen LogP contribution >= 0.6 is 0 Å². The highest BCUT2D eigenvalue weighted by atomic mass is 16.4. The molecule has 0 saturated heterocycles. The maximum absolute atomic E-state index is 12.3. The van der Waals surface area contributed by atoms with Crippen LogP contribution in [0.15, 0.2) is 11.6 Å². The first-order valence-corrected chi connectivity index (χ1v) is 11.1. The van der Waals surface area contributed by atoms with Crippen LogP contribution in [0, 0.1) is 17.8 Å². The lowest BCUT2D eigenvalue weighted by molar-refractivity contribution is -0.132. The van der Waals surface area contributed by atoms with E-state index in [0.29, 0.717) is 36.0 Å². The van der Waals surface area contributed by atoms with Crippen molar-refractivity contribution in [2.24, 2.45) is 17.8 Å². The third kappa shape index (κ3) is 9.05. The molecule has 0 aromatic rings. The van der Waals surface area contributed by atoms with E-state index in [1.54, 1.807) is 0 Å². The van der Waals surface area contributed by atoms with E-state index in [2.05, 4.69) is 6.92 Å². The van der Waals surface area contributed by atoms with E-state index in [1.165, 1.54) is 19.3 Å². The molecule has 0 heterocycles. The van der Waals surface area contributed by atoms with Crippen LogP contribution in [0.1, 0.15) is 97.3 Å². The predicted molar refractivity (Wildman–Crippen MR) is 110 cm³/mol. The van der Waals surface area contributed by atoms with E-state index >= 15 is 0 Å². The number of ketones is 1. The molecule has 0 radical (unpaired) electrons. The van der Waals surface area contributed by atoms with E-state index in [4.69, 9.17) is 5.11 Å². The van der Waals surface area contributed by atoms with Crippen molar-refractivity contribution in [2.45, 2.75) is 97.3 Å². The fourth-order valence-electron chi connectivity index (χ4n) is 4.35. The van der Waals surface area contributed by atoms with Gasteiger partial charge in [0.15, 0.2) is 0 Å². The molecule has 3 atom stereocenters. The molecule has 156 valence electrons. The zero-order valence-electron chi connectivity index (χ0n) is 17.4. The SMILES string of the molecule is CCCCCC(CO)CC[C@H]1CCC(=O)[C@@H]1CCCCC=C(CC)C(=O)O. The Balaban J connectivity index is 2.35. The van der Waals surface area contributed by atoms with Gasteiger partial charge in [0.05, 0.1) is 0 Å². The van der Waals surface area contributed by atoms with Crippen LogP contribution in [0.25, 0.3) is 0 Å². The van der Waals surface area contributed by atoms with Gasteiger partial charge in [-0.1, -0.05) is 45.6 Å². The van der Waals surface area contributed by atoms with E-state index in [-0.39, 0.29) is 12.5 Å². The number of unbranched alkanes of at least 4 members (excludes halogenated alkanes) is 4. The zero-order chi connectivity index (χ0) is 20.1. The minimum atomic E-state index is -0.819. The van der Waals surface area contributed by atoms with Crippen molar-refractivity contribution in [2.75, 3.05) is 6.61 Å². The number of hydrogen-bond donors (Lipinski definition) is 2. The van der Waals surface area contributed by atoms with Crippen LogP contribution < -0.4 is 0 Å². The summed E-state index contributed by atoms with van der Waals surface area (Å²) in [5, 5.41) is 18.6. The lowest BCUT2D eigenvalue weighted by Crippen LogP contribution is -2.17. The van der Waals surface area contributed by atoms with Gasteiger partial charge in [0, 0.05) is 24.5 Å². The van der Waals surface area contributed by atoms with Crippen LogP contribution in [0.3, 0.4) is 0 Å². The van der Waals surface area contributed by atoms with Crippen LogP contribution in [0.5, 0.6) is 0 Å². The average molecular weight is 381 g/mol. The molecule has 4 heteroatoms. The van der Waals surface area contributed by atoms with Crippen LogP contribution in [0.2, 0.25) is 0 Å². The number of aliphatic carboxylic acids is 1. The lowest BCUT2D eigenvalue weighted by Gasteiger charge is -2.21. The fourth-order valence-corrected chi connectivity index (χ4v) is 4.35. The first kappa shape index (κ1) is 23.9. The number of carboxylic acids is 1. The summed E-state index contributed by atoms with van der Waals surface area (Å²) in [6.07, 6.45) is 14.6. The molecular formula is C23H40O4. The first-order chi connectivity index (χ1) is 13.0. The summed E-state index contributed by atoms with van der Waals surface area (Å²) in [7, 11) is 0. The highest BCUT2D eigenvalue weighted by Gasteiger charge is 2.33. The molecular weight excluding hydrogens is 340 g/mol. The van der Waals surface area contributed by atoms with Gasteiger partial charge in [0.25, 0.3) is 0 Å². The van der Waals surface area contributed by atoms with Gasteiger partial charge in [-0.15, -0.1) is 0 Å². The Bertz CT molecular complexity index is 469. The lowest BCUT2D eigenvalue weighted by atomic mass is 9.84. The summed E-state index contributed by atoms with van der Waals surface area (Å²) in [6.45, 7) is 4.33. The number of carboxylic acid groups (broad SMARTS) is 1. The molecule has 0 bridgehead atoms. The Morgan fingerprint density at radius 1 is 1.15 bits per heavy atom. The molecule has 0 aliphatic heterocycles. The Hall–Kier alpha value is -1.16. The molecule has 1 unspecified atom stereocenters. The van der Waals surface area contributed by atoms with Gasteiger partial charge in [-0.2, -0.15) is 0 Å². The van der Waals surface area contributed by atoms with Crippen LogP contribution in [-0.4, -0.2) is 28.6 Å². The van der Waals surface area contributed by atoms with Crippen LogP contribution in [0.4, 0.5) is 0 Å². The van der Waals surface area contributed by atoms with Gasteiger partial charge < -0.3 is 10.2 Å². The number of aliphatic hydroxyl groups is 1. The summed E-state index contributed by atoms with van der Waals surface area (Å²) in [4.78, 5) is 23.3. The number of carbonyl (C=O) groups excluding carboxylic acids is 1. The monoisotopic (exact) mass is 380 g/mol. The second-order valence-corrected chi connectivity index (χ2v) is 8.17. The molecule has 1 saturated carbocycles. The molecule has 1 rings (SSSR count). The summed E-state index contributed by atoms with van der Waals surface area (Å²) in [5.41, 5.74) is 0.489. The van der Waals surface area contributed by atoms with Crippen molar-refractivity contribution in [1.82, 2.24) is 0 Å². The standard InChI is InChI=1S/C23H40O4/c1-3-5-7-10-18(17-24)13-14-20-15-16-22(25)21(20)12-9-6-8-11-19(4-2)23(26)27/h11,18,20-21,24H,3-10,12-17H2,1-2H3,(H,26,27)/t18?,20-,21+/m0/s1. The maximum atomic E-state index is 12.3. The summed E-state index contributed by atoms with van der Waals surface area (Å²) in [5.74, 6) is 0.664. The number of carbonyl (C=O) groups is 2. The summed E-state index contributed by atoms with van der Waals surface area (Å²) >= 11 is 0. The maximum Gasteiger partial charge on any atom is 0.331 e. The van der Waals surface area contributed by atoms with E-state index in [1.807, 2.05) is 13.0 Å². The molecule has 1 fully saturated rings. The van der Waals surface area contributed by atoms with Gasteiger partial charge >= 0.3 is 5.97 Å². The normalized spacial score (nSPS) is 21.6.